The molecule has 0 aliphatic heterocycles. The number of H-pyrrole nitrogens is 1. The molecule has 0 atom stereocenters. The third-order valence-corrected chi connectivity index (χ3v) is 2.84. The summed E-state index contributed by atoms with van der Waals surface area (Å²) in [5.74, 6) is -0.0741. The number of hydrogen-bond acceptors (Lipinski definition) is 3. The van der Waals surface area contributed by atoms with E-state index in [2.05, 4.69) is 10.2 Å². The number of carboxylic acid groups (broad SMARTS) is 1. The van der Waals surface area contributed by atoms with Gasteiger partial charge in [0.1, 0.15) is 5.75 Å². The van der Waals surface area contributed by atoms with Crippen LogP contribution in [0.3, 0.4) is 0 Å². The molecule has 1 heterocycles. The lowest BCUT2D eigenvalue weighted by atomic mass is 10.0. The van der Waals surface area contributed by atoms with Gasteiger partial charge in [0.15, 0.2) is 0 Å². The molecular formula is C14H16N2O3. The molecular weight excluding hydrogens is 244 g/mol. The first-order valence-corrected chi connectivity index (χ1v) is 6.10. The third kappa shape index (κ3) is 2.93. The Morgan fingerprint density at radius 1 is 1.37 bits per heavy atom. The lowest BCUT2D eigenvalue weighted by Crippen LogP contribution is -2.02. The first-order chi connectivity index (χ1) is 9.11. The van der Waals surface area contributed by atoms with E-state index in [0.29, 0.717) is 12.3 Å². The summed E-state index contributed by atoms with van der Waals surface area (Å²) in [7, 11) is 0. The molecule has 0 amide bonds. The van der Waals surface area contributed by atoms with Crippen molar-refractivity contribution in [3.63, 3.8) is 0 Å². The normalized spacial score (nSPS) is 10.4. The van der Waals surface area contributed by atoms with Crippen LogP contribution in [-0.2, 0) is 11.2 Å². The van der Waals surface area contributed by atoms with Gasteiger partial charge in [-0.2, -0.15) is 5.10 Å². The van der Waals surface area contributed by atoms with Crippen molar-refractivity contribution in [1.82, 2.24) is 10.2 Å². The number of aromatic amines is 1. The largest absolute Gasteiger partial charge is 0.494 e. The second-order valence-electron chi connectivity index (χ2n) is 4.20. The molecule has 0 bridgehead atoms. The van der Waals surface area contributed by atoms with Crippen molar-refractivity contribution in [1.29, 1.82) is 0 Å². The fraction of sp³-hybridized carbons (Fsp3) is 0.286. The number of ether oxygens (including phenoxy) is 1. The highest BCUT2D eigenvalue weighted by Crippen LogP contribution is 2.26. The summed E-state index contributed by atoms with van der Waals surface area (Å²) in [5.41, 5.74) is 3.06. The number of hydrogen-bond donors (Lipinski definition) is 2. The van der Waals surface area contributed by atoms with Gasteiger partial charge in [0.2, 0.25) is 0 Å². The minimum absolute atomic E-state index is 0.0368. The van der Waals surface area contributed by atoms with Gasteiger partial charge in [0, 0.05) is 16.8 Å². The molecule has 0 unspecified atom stereocenters. The second kappa shape index (κ2) is 5.56. The van der Waals surface area contributed by atoms with E-state index < -0.39 is 5.97 Å². The van der Waals surface area contributed by atoms with E-state index in [1.807, 2.05) is 38.1 Å². The average Bonchev–Trinajstić information content (AvgIpc) is 2.72. The Labute approximate surface area is 111 Å². The van der Waals surface area contributed by atoms with Crippen molar-refractivity contribution in [2.45, 2.75) is 20.3 Å². The predicted octanol–water partition coefficient (Wildman–Crippen LogP) is 2.41. The second-order valence-corrected chi connectivity index (χ2v) is 4.20. The van der Waals surface area contributed by atoms with Gasteiger partial charge >= 0.3 is 5.97 Å². The highest BCUT2D eigenvalue weighted by atomic mass is 16.5. The summed E-state index contributed by atoms with van der Waals surface area (Å²) in [6.45, 7) is 4.37. The van der Waals surface area contributed by atoms with Crippen molar-refractivity contribution < 1.29 is 14.6 Å². The van der Waals surface area contributed by atoms with E-state index in [-0.39, 0.29) is 6.42 Å². The van der Waals surface area contributed by atoms with E-state index in [1.165, 1.54) is 0 Å². The molecule has 100 valence electrons. The molecule has 5 heteroatoms. The number of nitrogens with one attached hydrogen (secondary N) is 1. The number of aryl methyl sites for hydroxylation is 1. The maximum absolute atomic E-state index is 10.9. The zero-order valence-corrected chi connectivity index (χ0v) is 10.9. The zero-order valence-electron chi connectivity index (χ0n) is 10.9. The molecule has 1 aromatic carbocycles. The fourth-order valence-corrected chi connectivity index (χ4v) is 1.93. The number of rotatable bonds is 5. The zero-order chi connectivity index (χ0) is 13.8. The third-order valence-electron chi connectivity index (χ3n) is 2.84. The summed E-state index contributed by atoms with van der Waals surface area (Å²) in [4.78, 5) is 10.9. The summed E-state index contributed by atoms with van der Waals surface area (Å²) in [5, 5.41) is 16.0. The molecule has 2 N–H and O–H groups in total. The molecule has 0 aliphatic rings. The van der Waals surface area contributed by atoms with Crippen LogP contribution in [0.15, 0.2) is 24.3 Å². The number of aromatic nitrogens is 2. The van der Waals surface area contributed by atoms with Gasteiger partial charge in [-0.15, -0.1) is 0 Å². The Balaban J connectivity index is 2.33. The fourth-order valence-electron chi connectivity index (χ4n) is 1.93. The maximum Gasteiger partial charge on any atom is 0.307 e. The van der Waals surface area contributed by atoms with Crippen LogP contribution < -0.4 is 4.74 Å². The van der Waals surface area contributed by atoms with Crippen molar-refractivity contribution in [3.05, 3.63) is 35.5 Å². The standard InChI is InChI=1S/C14H16N2O3/c1-3-19-11-6-4-10(5-7-11)14-12(8-13(17)18)9(2)15-16-14/h4-7H,3,8H2,1-2H3,(H,15,16)(H,17,18). The highest BCUT2D eigenvalue weighted by molar-refractivity contribution is 5.75. The topological polar surface area (TPSA) is 75.2 Å². The smallest absolute Gasteiger partial charge is 0.307 e. The summed E-state index contributed by atoms with van der Waals surface area (Å²) >= 11 is 0. The number of benzene rings is 1. The molecule has 0 spiro atoms. The predicted molar refractivity (Wildman–Crippen MR) is 71.3 cm³/mol. The molecule has 1 aromatic heterocycles. The van der Waals surface area contributed by atoms with Gasteiger partial charge in [0.05, 0.1) is 18.7 Å². The molecule has 0 saturated carbocycles. The summed E-state index contributed by atoms with van der Waals surface area (Å²) in [6, 6.07) is 7.47. The van der Waals surface area contributed by atoms with Crippen LogP contribution in [0, 0.1) is 6.92 Å². The number of carboxylic acids is 1. The van der Waals surface area contributed by atoms with E-state index in [1.54, 1.807) is 0 Å². The van der Waals surface area contributed by atoms with Crippen LogP contribution in [0.4, 0.5) is 0 Å². The first kappa shape index (κ1) is 13.1. The SMILES string of the molecule is CCOc1ccc(-c2n[nH]c(C)c2CC(=O)O)cc1. The van der Waals surface area contributed by atoms with Crippen LogP contribution in [-0.4, -0.2) is 27.9 Å². The molecule has 2 aromatic rings. The Morgan fingerprint density at radius 3 is 2.63 bits per heavy atom. The number of nitrogens with zero attached hydrogens (tertiary/aromatic N) is 1. The number of aliphatic carboxylic acids is 1. The lowest BCUT2D eigenvalue weighted by molar-refractivity contribution is -0.136. The number of carbonyl (C=O) groups is 1. The van der Waals surface area contributed by atoms with Gasteiger partial charge < -0.3 is 9.84 Å². The molecule has 19 heavy (non-hydrogen) atoms. The van der Waals surface area contributed by atoms with Crippen molar-refractivity contribution in [3.8, 4) is 17.0 Å². The van der Waals surface area contributed by atoms with Crippen LogP contribution >= 0.6 is 0 Å². The minimum Gasteiger partial charge on any atom is -0.494 e. The first-order valence-electron chi connectivity index (χ1n) is 6.10. The van der Waals surface area contributed by atoms with Crippen molar-refractivity contribution in [2.24, 2.45) is 0 Å². The Hall–Kier alpha value is -2.30. The minimum atomic E-state index is -0.864. The molecule has 0 radical (unpaired) electrons. The van der Waals surface area contributed by atoms with Gasteiger partial charge in [-0.25, -0.2) is 0 Å². The molecule has 2 rings (SSSR count). The summed E-state index contributed by atoms with van der Waals surface area (Å²) in [6.07, 6.45) is -0.0368. The van der Waals surface area contributed by atoms with Gasteiger partial charge in [0.25, 0.3) is 0 Å². The quantitative estimate of drug-likeness (QED) is 0.865. The average molecular weight is 260 g/mol. The van der Waals surface area contributed by atoms with Crippen LogP contribution in [0.5, 0.6) is 5.75 Å². The van der Waals surface area contributed by atoms with Crippen molar-refractivity contribution in [2.75, 3.05) is 6.61 Å². The van der Waals surface area contributed by atoms with Crippen LogP contribution in [0.2, 0.25) is 0 Å². The van der Waals surface area contributed by atoms with Crippen LogP contribution in [0.1, 0.15) is 18.2 Å². The Morgan fingerprint density at radius 2 is 2.05 bits per heavy atom. The highest BCUT2D eigenvalue weighted by Gasteiger charge is 2.15. The van der Waals surface area contributed by atoms with E-state index in [0.717, 1.165) is 22.6 Å². The van der Waals surface area contributed by atoms with Crippen LogP contribution in [0.25, 0.3) is 11.3 Å². The monoisotopic (exact) mass is 260 g/mol. The molecule has 5 nitrogen and oxygen atoms in total. The molecule has 0 fully saturated rings. The molecule has 0 aliphatic carbocycles. The summed E-state index contributed by atoms with van der Waals surface area (Å²) < 4.78 is 5.37. The van der Waals surface area contributed by atoms with E-state index in [9.17, 15) is 4.79 Å². The Bertz CT molecular complexity index is 573. The Kier molecular flexibility index (Phi) is 3.85. The van der Waals surface area contributed by atoms with Gasteiger partial charge in [-0.3, -0.25) is 9.89 Å². The van der Waals surface area contributed by atoms with E-state index >= 15 is 0 Å². The maximum atomic E-state index is 10.9. The van der Waals surface area contributed by atoms with Crippen molar-refractivity contribution >= 4 is 5.97 Å². The lowest BCUT2D eigenvalue weighted by Gasteiger charge is -2.05. The van der Waals surface area contributed by atoms with Gasteiger partial charge in [-0.1, -0.05) is 0 Å². The molecule has 0 saturated heterocycles. The van der Waals surface area contributed by atoms with E-state index in [4.69, 9.17) is 9.84 Å². The van der Waals surface area contributed by atoms with Gasteiger partial charge in [-0.05, 0) is 38.1 Å².